The van der Waals surface area contributed by atoms with Crippen LogP contribution in [0.3, 0.4) is 0 Å². The average Bonchev–Trinajstić information content (AvgIpc) is 2.76. The molecule has 0 aromatic heterocycles. The predicted molar refractivity (Wildman–Crippen MR) is 89.9 cm³/mol. The molecule has 5 amide bonds. The van der Waals surface area contributed by atoms with Gasteiger partial charge in [0.25, 0.3) is 5.91 Å². The van der Waals surface area contributed by atoms with E-state index in [4.69, 9.17) is 5.73 Å². The Hall–Kier alpha value is -2.16. The first kappa shape index (κ1) is 19.2. The van der Waals surface area contributed by atoms with Crippen LogP contribution in [0.25, 0.3) is 0 Å². The van der Waals surface area contributed by atoms with Gasteiger partial charge in [-0.25, -0.2) is 4.79 Å². The van der Waals surface area contributed by atoms with E-state index in [9.17, 15) is 19.2 Å². The molecule has 1 heterocycles. The van der Waals surface area contributed by atoms with Crippen LogP contribution in [0.2, 0.25) is 0 Å². The Kier molecular flexibility index (Phi) is 5.99. The number of hydrogen-bond donors (Lipinski definition) is 3. The first-order valence-corrected chi connectivity index (χ1v) is 8.74. The number of primary amides is 1. The van der Waals surface area contributed by atoms with Gasteiger partial charge in [0, 0.05) is 19.0 Å². The Bertz CT molecular complexity index is 557. The maximum Gasteiger partial charge on any atom is 0.344 e. The second kappa shape index (κ2) is 7.81. The summed E-state index contributed by atoms with van der Waals surface area (Å²) in [5.74, 6) is -1.31. The zero-order chi connectivity index (χ0) is 18.6. The summed E-state index contributed by atoms with van der Waals surface area (Å²) >= 11 is 0. The van der Waals surface area contributed by atoms with E-state index in [1.54, 1.807) is 4.90 Å². The maximum absolute atomic E-state index is 12.6. The minimum atomic E-state index is -0.863. The second-order valence-electron chi connectivity index (χ2n) is 7.03. The van der Waals surface area contributed by atoms with Crippen LogP contribution >= 0.6 is 0 Å². The molecule has 4 N–H and O–H groups in total. The van der Waals surface area contributed by atoms with E-state index < -0.39 is 23.4 Å². The molecule has 1 spiro atoms. The summed E-state index contributed by atoms with van der Waals surface area (Å²) in [4.78, 5) is 49.6. The predicted octanol–water partition coefficient (Wildman–Crippen LogP) is -0.142. The lowest BCUT2D eigenvalue weighted by molar-refractivity contribution is -0.140. The lowest BCUT2D eigenvalue weighted by Gasteiger charge is -2.30. The van der Waals surface area contributed by atoms with Gasteiger partial charge in [-0.15, -0.1) is 0 Å². The van der Waals surface area contributed by atoms with Crippen molar-refractivity contribution in [1.82, 2.24) is 20.7 Å². The van der Waals surface area contributed by atoms with Crippen molar-refractivity contribution in [2.75, 3.05) is 13.1 Å². The van der Waals surface area contributed by atoms with Crippen LogP contribution in [0.5, 0.6) is 0 Å². The third-order valence-corrected chi connectivity index (χ3v) is 4.82. The van der Waals surface area contributed by atoms with Crippen molar-refractivity contribution < 1.29 is 19.2 Å². The highest BCUT2D eigenvalue weighted by atomic mass is 16.2. The molecule has 1 aliphatic heterocycles. The van der Waals surface area contributed by atoms with Gasteiger partial charge in [-0.1, -0.05) is 19.3 Å². The number of imide groups is 1. The van der Waals surface area contributed by atoms with Gasteiger partial charge in [0.05, 0.1) is 6.54 Å². The molecule has 25 heavy (non-hydrogen) atoms. The molecule has 0 bridgehead atoms. The zero-order valence-corrected chi connectivity index (χ0v) is 14.8. The van der Waals surface area contributed by atoms with Gasteiger partial charge in [-0.2, -0.15) is 5.01 Å². The first-order chi connectivity index (χ1) is 11.7. The van der Waals surface area contributed by atoms with Crippen molar-refractivity contribution in [1.29, 1.82) is 0 Å². The number of nitrogens with two attached hydrogens (primary N) is 1. The molecular weight excluding hydrogens is 326 g/mol. The highest BCUT2D eigenvalue weighted by Crippen LogP contribution is 2.32. The SMILES string of the molecule is CC(C)N(CCC(=O)NN1C(=O)NC2(CCCCC2)C1=O)CC(N)=O. The van der Waals surface area contributed by atoms with Crippen LogP contribution in [-0.4, -0.2) is 58.3 Å². The highest BCUT2D eigenvalue weighted by Gasteiger charge is 2.52. The van der Waals surface area contributed by atoms with Crippen LogP contribution in [0.1, 0.15) is 52.4 Å². The lowest BCUT2D eigenvalue weighted by Crippen LogP contribution is -2.51. The van der Waals surface area contributed by atoms with Crippen molar-refractivity contribution in [3.63, 3.8) is 0 Å². The Morgan fingerprint density at radius 2 is 1.92 bits per heavy atom. The normalized spacial score (nSPS) is 19.6. The van der Waals surface area contributed by atoms with Crippen molar-refractivity contribution in [2.45, 2.75) is 64.0 Å². The second-order valence-corrected chi connectivity index (χ2v) is 7.03. The number of nitrogens with zero attached hydrogens (tertiary/aromatic N) is 2. The van der Waals surface area contributed by atoms with Gasteiger partial charge in [-0.3, -0.25) is 24.7 Å². The van der Waals surface area contributed by atoms with Gasteiger partial charge >= 0.3 is 6.03 Å². The summed E-state index contributed by atoms with van der Waals surface area (Å²) in [7, 11) is 0. The van der Waals surface area contributed by atoms with Crippen molar-refractivity contribution >= 4 is 23.8 Å². The Morgan fingerprint density at radius 3 is 2.48 bits per heavy atom. The molecule has 9 heteroatoms. The quantitative estimate of drug-likeness (QED) is 0.549. The minimum Gasteiger partial charge on any atom is -0.369 e. The molecule has 2 rings (SSSR count). The fourth-order valence-corrected chi connectivity index (χ4v) is 3.36. The average molecular weight is 353 g/mol. The summed E-state index contributed by atoms with van der Waals surface area (Å²) in [5.41, 5.74) is 6.72. The van der Waals surface area contributed by atoms with E-state index in [1.165, 1.54) is 0 Å². The number of amides is 5. The number of hydrazine groups is 1. The Morgan fingerprint density at radius 1 is 1.28 bits per heavy atom. The highest BCUT2D eigenvalue weighted by molar-refractivity contribution is 6.08. The van der Waals surface area contributed by atoms with Crippen molar-refractivity contribution in [3.8, 4) is 0 Å². The smallest absolute Gasteiger partial charge is 0.344 e. The topological polar surface area (TPSA) is 125 Å². The molecular formula is C16H27N5O4. The molecule has 1 saturated heterocycles. The standard InChI is InChI=1S/C16H27N5O4/c1-11(2)20(10-12(17)22)9-6-13(23)19-21-14(24)16(18-15(21)25)7-4-3-5-8-16/h11H,3-10H2,1-2H3,(H2,17,22)(H,18,25)(H,19,23). The number of hydrogen-bond acceptors (Lipinski definition) is 5. The number of rotatable bonds is 7. The summed E-state index contributed by atoms with van der Waals surface area (Å²) in [6, 6.07) is -0.541. The molecule has 0 aromatic carbocycles. The van der Waals surface area contributed by atoms with Gasteiger partial charge in [0.15, 0.2) is 0 Å². The van der Waals surface area contributed by atoms with Gasteiger partial charge in [0.2, 0.25) is 11.8 Å². The van der Waals surface area contributed by atoms with E-state index in [0.29, 0.717) is 19.4 Å². The van der Waals surface area contributed by atoms with E-state index in [2.05, 4.69) is 10.7 Å². The zero-order valence-electron chi connectivity index (χ0n) is 14.8. The Labute approximate surface area is 147 Å². The number of carbonyl (C=O) groups is 4. The van der Waals surface area contributed by atoms with E-state index in [1.807, 2.05) is 13.8 Å². The van der Waals surface area contributed by atoms with E-state index in [0.717, 1.165) is 24.3 Å². The van der Waals surface area contributed by atoms with Crippen LogP contribution in [-0.2, 0) is 14.4 Å². The van der Waals surface area contributed by atoms with Crippen LogP contribution < -0.4 is 16.5 Å². The molecule has 0 aromatic rings. The van der Waals surface area contributed by atoms with Crippen LogP contribution in [0.15, 0.2) is 0 Å². The Balaban J connectivity index is 1.90. The molecule has 9 nitrogen and oxygen atoms in total. The minimum absolute atomic E-state index is 0.0440. The summed E-state index contributed by atoms with van der Waals surface area (Å²) < 4.78 is 0. The monoisotopic (exact) mass is 353 g/mol. The van der Waals surface area contributed by atoms with Gasteiger partial charge in [0.1, 0.15) is 5.54 Å². The molecule has 2 fully saturated rings. The molecule has 0 radical (unpaired) electrons. The van der Waals surface area contributed by atoms with E-state index in [-0.39, 0.29) is 24.9 Å². The third-order valence-electron chi connectivity index (χ3n) is 4.82. The molecule has 1 aliphatic carbocycles. The number of urea groups is 1. The maximum atomic E-state index is 12.6. The van der Waals surface area contributed by atoms with Crippen molar-refractivity contribution in [2.24, 2.45) is 5.73 Å². The summed E-state index contributed by atoms with van der Waals surface area (Å²) in [5, 5.41) is 3.53. The van der Waals surface area contributed by atoms with Crippen LogP contribution in [0, 0.1) is 0 Å². The first-order valence-electron chi connectivity index (χ1n) is 8.74. The largest absolute Gasteiger partial charge is 0.369 e. The van der Waals surface area contributed by atoms with Gasteiger partial charge < -0.3 is 11.1 Å². The summed E-state index contributed by atoms with van der Waals surface area (Å²) in [6.07, 6.45) is 4.06. The fourth-order valence-electron chi connectivity index (χ4n) is 3.36. The van der Waals surface area contributed by atoms with Crippen molar-refractivity contribution in [3.05, 3.63) is 0 Å². The molecule has 2 aliphatic rings. The molecule has 0 atom stereocenters. The summed E-state index contributed by atoms with van der Waals surface area (Å²) in [6.45, 7) is 4.15. The fraction of sp³-hybridized carbons (Fsp3) is 0.750. The van der Waals surface area contributed by atoms with Gasteiger partial charge in [-0.05, 0) is 26.7 Å². The number of nitrogens with one attached hydrogen (secondary N) is 2. The molecule has 140 valence electrons. The van der Waals surface area contributed by atoms with E-state index >= 15 is 0 Å². The molecule has 1 saturated carbocycles. The number of carbonyl (C=O) groups excluding carboxylic acids is 4. The lowest BCUT2D eigenvalue weighted by atomic mass is 9.82. The molecule has 0 unspecified atom stereocenters. The third kappa shape index (κ3) is 4.47. The van der Waals surface area contributed by atoms with Crippen LogP contribution in [0.4, 0.5) is 4.79 Å².